The lowest BCUT2D eigenvalue weighted by atomic mass is 9.99. The number of phenols is 4. The van der Waals surface area contributed by atoms with Gasteiger partial charge in [-0.25, -0.2) is 4.79 Å². The Balaban J connectivity index is 1.44. The van der Waals surface area contributed by atoms with E-state index in [1.807, 2.05) is 0 Å². The van der Waals surface area contributed by atoms with Crippen LogP contribution in [0.4, 0.5) is 0 Å². The van der Waals surface area contributed by atoms with Crippen LogP contribution in [0.3, 0.4) is 0 Å². The van der Waals surface area contributed by atoms with Crippen LogP contribution in [-0.2, 0) is 14.3 Å². The smallest absolute Gasteiger partial charge is 0.331 e. The maximum absolute atomic E-state index is 12.8. The van der Waals surface area contributed by atoms with Gasteiger partial charge in [0.05, 0.1) is 6.61 Å². The molecule has 0 saturated carbocycles. The minimum atomic E-state index is -1.76. The summed E-state index contributed by atoms with van der Waals surface area (Å²) in [4.78, 5) is 25.4. The number of hydrogen-bond acceptors (Lipinski definition) is 13. The van der Waals surface area contributed by atoms with Gasteiger partial charge in [-0.15, -0.1) is 0 Å². The van der Waals surface area contributed by atoms with Crippen molar-refractivity contribution in [2.24, 2.45) is 0 Å². The third-order valence-corrected chi connectivity index (χ3v) is 6.68. The molecule has 0 amide bonds. The summed E-state index contributed by atoms with van der Waals surface area (Å²) in [6.07, 6.45) is -5.55. The Kier molecular flexibility index (Phi) is 8.23. The molecule has 1 fully saturated rings. The Morgan fingerprint density at radius 2 is 1.63 bits per heavy atom. The zero-order valence-corrected chi connectivity index (χ0v) is 22.1. The maximum Gasteiger partial charge on any atom is 0.331 e. The number of ether oxygens (including phenoxy) is 3. The third kappa shape index (κ3) is 6.24. The van der Waals surface area contributed by atoms with Crippen molar-refractivity contribution in [2.45, 2.75) is 30.7 Å². The zero-order chi connectivity index (χ0) is 30.8. The molecule has 0 spiro atoms. The Morgan fingerprint density at radius 1 is 0.884 bits per heavy atom. The van der Waals surface area contributed by atoms with Gasteiger partial charge in [-0.1, -0.05) is 12.1 Å². The second-order valence-electron chi connectivity index (χ2n) is 9.64. The number of aliphatic hydroxyl groups excluding tert-OH is 3. The van der Waals surface area contributed by atoms with Crippen molar-refractivity contribution in [3.63, 3.8) is 0 Å². The fraction of sp³-hybridized carbons (Fsp3) is 0.200. The van der Waals surface area contributed by atoms with Gasteiger partial charge >= 0.3 is 5.97 Å². The maximum atomic E-state index is 12.8. The highest BCUT2D eigenvalue weighted by Crippen LogP contribution is 2.35. The Labute approximate surface area is 242 Å². The minimum absolute atomic E-state index is 0.00984. The molecule has 5 rings (SSSR count). The van der Waals surface area contributed by atoms with E-state index >= 15 is 0 Å². The molecule has 224 valence electrons. The average molecular weight is 595 g/mol. The quantitative estimate of drug-likeness (QED) is 0.0923. The molecule has 13 nitrogen and oxygen atoms in total. The number of esters is 1. The summed E-state index contributed by atoms with van der Waals surface area (Å²) in [5.41, 5.74) is 0.0165. The SMILES string of the molecule is O=C(/C=C/c1ccc(O)cc1)OC1[C@H](Oc2cc(O)c3c(=O)cc(-c4ccc(O)c(O)c4)oc3c2)OC(CO)[C@@H](O)[C@@H]1O. The number of aromatic hydroxyl groups is 4. The summed E-state index contributed by atoms with van der Waals surface area (Å²) in [5, 5.41) is 70.0. The van der Waals surface area contributed by atoms with Gasteiger partial charge < -0.3 is 54.4 Å². The van der Waals surface area contributed by atoms with Crippen LogP contribution in [0.15, 0.2) is 76.0 Å². The number of fused-ring (bicyclic) bond motifs is 1. The molecule has 43 heavy (non-hydrogen) atoms. The third-order valence-electron chi connectivity index (χ3n) is 6.68. The first-order valence-corrected chi connectivity index (χ1v) is 12.8. The van der Waals surface area contributed by atoms with Gasteiger partial charge in [0.1, 0.15) is 52.3 Å². The highest BCUT2D eigenvalue weighted by Gasteiger charge is 2.48. The molecule has 1 saturated heterocycles. The van der Waals surface area contributed by atoms with Crippen LogP contribution in [0.1, 0.15) is 5.56 Å². The molecule has 13 heteroatoms. The number of rotatable bonds is 7. The van der Waals surface area contributed by atoms with Gasteiger partial charge in [0.15, 0.2) is 23.0 Å². The molecule has 3 aromatic carbocycles. The Morgan fingerprint density at radius 3 is 2.33 bits per heavy atom. The largest absolute Gasteiger partial charge is 0.508 e. The van der Waals surface area contributed by atoms with Gasteiger partial charge in [0, 0.05) is 29.8 Å². The molecule has 5 atom stereocenters. The second kappa shape index (κ2) is 12.0. The standard InChI is InChI=1S/C30H26O13/c31-13-24-27(38)28(39)29(43-25(37)8-3-14-1-5-16(32)6-2-14)30(42-24)40-17-10-20(35)26-21(36)12-22(41-23(26)11-17)15-4-7-18(33)19(34)9-15/h1-12,24,27-35,38-39H,13H2/b8-3+/t24?,27-,28+,29?,30-/m1/s1. The number of carbonyl (C=O) groups excluding carboxylic acids is 1. The first-order valence-electron chi connectivity index (χ1n) is 12.8. The van der Waals surface area contributed by atoms with E-state index in [-0.39, 0.29) is 39.5 Å². The monoisotopic (exact) mass is 594 g/mol. The second-order valence-corrected chi connectivity index (χ2v) is 9.64. The molecule has 4 aromatic rings. The first-order chi connectivity index (χ1) is 20.5. The van der Waals surface area contributed by atoms with Crippen LogP contribution in [0.2, 0.25) is 0 Å². The molecular formula is C30H26O13. The van der Waals surface area contributed by atoms with Crippen LogP contribution in [-0.4, -0.2) is 79.0 Å². The lowest BCUT2D eigenvalue weighted by Gasteiger charge is -2.41. The first kappa shape index (κ1) is 29.4. The molecule has 0 radical (unpaired) electrons. The molecule has 0 aliphatic carbocycles. The topological polar surface area (TPSA) is 217 Å². The van der Waals surface area contributed by atoms with Gasteiger partial charge in [0.2, 0.25) is 6.29 Å². The minimum Gasteiger partial charge on any atom is -0.508 e. The lowest BCUT2D eigenvalue weighted by Crippen LogP contribution is -2.61. The van der Waals surface area contributed by atoms with E-state index in [4.69, 9.17) is 18.6 Å². The normalized spacial score (nSPS) is 22.1. The van der Waals surface area contributed by atoms with Gasteiger partial charge in [0.25, 0.3) is 0 Å². The fourth-order valence-corrected chi connectivity index (χ4v) is 4.46. The van der Waals surface area contributed by atoms with E-state index in [1.165, 1.54) is 42.5 Å². The van der Waals surface area contributed by atoms with Crippen molar-refractivity contribution in [3.05, 3.63) is 82.5 Å². The van der Waals surface area contributed by atoms with Crippen LogP contribution in [0.5, 0.6) is 28.7 Å². The van der Waals surface area contributed by atoms with Crippen LogP contribution in [0.25, 0.3) is 28.4 Å². The number of carbonyl (C=O) groups is 1. The number of benzene rings is 3. The Bertz CT molecular complexity index is 1730. The van der Waals surface area contributed by atoms with Gasteiger partial charge in [-0.3, -0.25) is 4.79 Å². The van der Waals surface area contributed by atoms with Crippen LogP contribution in [0, 0.1) is 0 Å². The summed E-state index contributed by atoms with van der Waals surface area (Å²) in [5.74, 6) is -2.46. The molecular weight excluding hydrogens is 568 g/mol. The van der Waals surface area contributed by atoms with Crippen molar-refractivity contribution in [3.8, 4) is 40.1 Å². The van der Waals surface area contributed by atoms with Crippen molar-refractivity contribution >= 4 is 23.0 Å². The molecule has 0 bridgehead atoms. The van der Waals surface area contributed by atoms with E-state index in [2.05, 4.69) is 0 Å². The van der Waals surface area contributed by atoms with E-state index in [1.54, 1.807) is 12.1 Å². The van der Waals surface area contributed by atoms with Gasteiger partial charge in [-0.05, 0) is 42.0 Å². The lowest BCUT2D eigenvalue weighted by molar-refractivity contribution is -0.281. The number of aliphatic hydroxyl groups is 3. The van der Waals surface area contributed by atoms with Crippen LogP contribution < -0.4 is 10.2 Å². The summed E-state index contributed by atoms with van der Waals surface area (Å²) >= 11 is 0. The van der Waals surface area contributed by atoms with Crippen molar-refractivity contribution in [1.82, 2.24) is 0 Å². The molecule has 2 heterocycles. The highest BCUT2D eigenvalue weighted by atomic mass is 16.7. The predicted molar refractivity (Wildman–Crippen MR) is 148 cm³/mol. The molecule has 1 aromatic heterocycles. The van der Waals surface area contributed by atoms with Gasteiger partial charge in [-0.2, -0.15) is 0 Å². The predicted octanol–water partition coefficient (Wildman–Crippen LogP) is 1.73. The Hall–Kier alpha value is -5.08. The summed E-state index contributed by atoms with van der Waals surface area (Å²) < 4.78 is 22.5. The molecule has 1 aliphatic heterocycles. The van der Waals surface area contributed by atoms with Crippen molar-refractivity contribution in [1.29, 1.82) is 0 Å². The van der Waals surface area contributed by atoms with E-state index in [0.717, 1.165) is 18.2 Å². The van der Waals surface area contributed by atoms with Crippen molar-refractivity contribution < 1.29 is 59.2 Å². The fourth-order valence-electron chi connectivity index (χ4n) is 4.46. The zero-order valence-electron chi connectivity index (χ0n) is 22.1. The average Bonchev–Trinajstić information content (AvgIpc) is 2.97. The molecule has 7 N–H and O–H groups in total. The van der Waals surface area contributed by atoms with E-state index in [9.17, 15) is 45.3 Å². The van der Waals surface area contributed by atoms with E-state index in [0.29, 0.717) is 5.56 Å². The molecule has 1 aliphatic rings. The summed E-state index contributed by atoms with van der Waals surface area (Å²) in [7, 11) is 0. The number of phenolic OH excluding ortho intramolecular Hbond substituents is 4. The highest BCUT2D eigenvalue weighted by molar-refractivity contribution is 5.87. The van der Waals surface area contributed by atoms with E-state index < -0.39 is 60.2 Å². The van der Waals surface area contributed by atoms with Crippen LogP contribution >= 0.6 is 0 Å². The summed E-state index contributed by atoms with van der Waals surface area (Å²) in [6.45, 7) is -0.722. The number of hydrogen-bond donors (Lipinski definition) is 7. The molecule has 2 unspecified atom stereocenters. The summed E-state index contributed by atoms with van der Waals surface area (Å²) in [6, 6.07) is 13.0. The van der Waals surface area contributed by atoms with Crippen molar-refractivity contribution in [2.75, 3.05) is 6.61 Å².